The molecule has 1 aliphatic carbocycles. The van der Waals surface area contributed by atoms with Crippen LogP contribution in [0, 0.1) is 16.0 Å². The molecule has 0 atom stereocenters. The van der Waals surface area contributed by atoms with Crippen molar-refractivity contribution in [2.45, 2.75) is 25.8 Å². The molecule has 0 bridgehead atoms. The molecule has 28 heavy (non-hydrogen) atoms. The molecule has 0 unspecified atom stereocenters. The van der Waals surface area contributed by atoms with Gasteiger partial charge in [-0.25, -0.2) is 0 Å². The van der Waals surface area contributed by atoms with Gasteiger partial charge in [-0.2, -0.15) is 0 Å². The highest BCUT2D eigenvalue weighted by Crippen LogP contribution is 2.33. The van der Waals surface area contributed by atoms with Crippen molar-refractivity contribution in [2.24, 2.45) is 5.92 Å². The Morgan fingerprint density at radius 3 is 2.64 bits per heavy atom. The predicted molar refractivity (Wildman–Crippen MR) is 104 cm³/mol. The van der Waals surface area contributed by atoms with Crippen molar-refractivity contribution in [1.29, 1.82) is 0 Å². The highest BCUT2D eigenvalue weighted by molar-refractivity contribution is 6.34. The zero-order valence-corrected chi connectivity index (χ0v) is 15.7. The fourth-order valence-electron chi connectivity index (χ4n) is 3.41. The van der Waals surface area contributed by atoms with E-state index in [4.69, 9.17) is 11.6 Å². The molecular formula is C20H18ClN3O4. The number of anilines is 1. The first-order valence-electron chi connectivity index (χ1n) is 9.08. The monoisotopic (exact) mass is 399 g/mol. The van der Waals surface area contributed by atoms with Crippen LogP contribution in [-0.2, 0) is 17.8 Å². The molecule has 2 aromatic carbocycles. The Morgan fingerprint density at radius 1 is 1.14 bits per heavy atom. The van der Waals surface area contributed by atoms with Crippen LogP contribution in [0.4, 0.5) is 11.4 Å². The number of nitrogens with one attached hydrogen (secondary N) is 1. The summed E-state index contributed by atoms with van der Waals surface area (Å²) in [7, 11) is 0. The summed E-state index contributed by atoms with van der Waals surface area (Å²) < 4.78 is 0. The minimum absolute atomic E-state index is 0.0409. The zero-order chi connectivity index (χ0) is 19.8. The first-order chi connectivity index (χ1) is 13.4. The number of carbonyl (C=O) groups is 2. The van der Waals surface area contributed by atoms with E-state index >= 15 is 0 Å². The third kappa shape index (κ3) is 3.71. The van der Waals surface area contributed by atoms with Gasteiger partial charge in [0.15, 0.2) is 0 Å². The van der Waals surface area contributed by atoms with Crippen LogP contribution in [0.15, 0.2) is 36.4 Å². The number of non-ortho nitro benzene ring substituents is 1. The third-order valence-electron chi connectivity index (χ3n) is 5.12. The molecule has 0 spiro atoms. The molecule has 0 aromatic heterocycles. The maximum absolute atomic E-state index is 12.6. The van der Waals surface area contributed by atoms with Crippen molar-refractivity contribution < 1.29 is 14.5 Å². The van der Waals surface area contributed by atoms with Crippen LogP contribution in [0.25, 0.3) is 0 Å². The molecule has 7 nitrogen and oxygen atoms in total. The summed E-state index contributed by atoms with van der Waals surface area (Å²) in [5.41, 5.74) is 2.56. The second kappa shape index (κ2) is 7.24. The zero-order valence-electron chi connectivity index (χ0n) is 15.0. The summed E-state index contributed by atoms with van der Waals surface area (Å²) in [4.78, 5) is 37.1. The molecule has 0 saturated heterocycles. The average Bonchev–Trinajstić information content (AvgIpc) is 3.52. The van der Waals surface area contributed by atoms with Gasteiger partial charge < -0.3 is 10.2 Å². The van der Waals surface area contributed by atoms with Gasteiger partial charge >= 0.3 is 0 Å². The minimum Gasteiger partial charge on any atom is -0.338 e. The Kier molecular flexibility index (Phi) is 4.77. The van der Waals surface area contributed by atoms with Crippen molar-refractivity contribution >= 4 is 34.8 Å². The molecule has 1 heterocycles. The van der Waals surface area contributed by atoms with Crippen molar-refractivity contribution in [3.8, 4) is 0 Å². The van der Waals surface area contributed by atoms with E-state index in [1.54, 1.807) is 6.07 Å². The van der Waals surface area contributed by atoms with Crippen molar-refractivity contribution in [3.63, 3.8) is 0 Å². The highest BCUT2D eigenvalue weighted by atomic mass is 35.5. The van der Waals surface area contributed by atoms with Crippen molar-refractivity contribution in [1.82, 2.24) is 4.90 Å². The number of benzene rings is 2. The maximum atomic E-state index is 12.6. The first-order valence-corrected chi connectivity index (χ1v) is 9.46. The molecule has 1 aliphatic heterocycles. The third-order valence-corrected chi connectivity index (χ3v) is 5.45. The van der Waals surface area contributed by atoms with Crippen LogP contribution >= 0.6 is 11.6 Å². The topological polar surface area (TPSA) is 92.6 Å². The van der Waals surface area contributed by atoms with Crippen LogP contribution in [0.1, 0.15) is 34.3 Å². The molecule has 4 rings (SSSR count). The van der Waals surface area contributed by atoms with E-state index < -0.39 is 10.8 Å². The summed E-state index contributed by atoms with van der Waals surface area (Å²) in [6.45, 7) is 1.25. The molecule has 8 heteroatoms. The first kappa shape index (κ1) is 18.4. The van der Waals surface area contributed by atoms with E-state index in [0.29, 0.717) is 12.2 Å². The van der Waals surface area contributed by atoms with Crippen LogP contribution in [0.5, 0.6) is 0 Å². The maximum Gasteiger partial charge on any atom is 0.270 e. The minimum atomic E-state index is -0.572. The van der Waals surface area contributed by atoms with E-state index in [0.717, 1.165) is 43.0 Å². The molecule has 144 valence electrons. The standard InChI is InChI=1S/C20H18ClN3O4/c21-18-6-5-16(24(27)28)10-17(18)19(25)22-15-4-3-12-7-8-23(11-14(12)9-15)20(26)13-1-2-13/h3-6,9-10,13H,1-2,7-8,11H2,(H,22,25). The summed E-state index contributed by atoms with van der Waals surface area (Å²) in [5, 5.41) is 13.8. The highest BCUT2D eigenvalue weighted by Gasteiger charge is 2.34. The van der Waals surface area contributed by atoms with Gasteiger partial charge in [0.05, 0.1) is 15.5 Å². The summed E-state index contributed by atoms with van der Waals surface area (Å²) in [6.07, 6.45) is 2.74. The lowest BCUT2D eigenvalue weighted by molar-refractivity contribution is -0.384. The molecule has 2 amide bonds. The number of rotatable bonds is 4. The van der Waals surface area contributed by atoms with Crippen molar-refractivity contribution in [3.05, 3.63) is 68.2 Å². The number of nitro groups is 1. The Morgan fingerprint density at radius 2 is 1.93 bits per heavy atom. The Balaban J connectivity index is 1.52. The number of fused-ring (bicyclic) bond motifs is 1. The van der Waals surface area contributed by atoms with Crippen LogP contribution < -0.4 is 5.32 Å². The van der Waals surface area contributed by atoms with E-state index in [9.17, 15) is 19.7 Å². The fraction of sp³-hybridized carbons (Fsp3) is 0.300. The molecule has 1 N–H and O–H groups in total. The fourth-order valence-corrected chi connectivity index (χ4v) is 3.61. The number of hydrogen-bond acceptors (Lipinski definition) is 4. The smallest absolute Gasteiger partial charge is 0.270 e. The van der Waals surface area contributed by atoms with E-state index in [1.165, 1.54) is 12.1 Å². The molecule has 2 aliphatic rings. The summed E-state index contributed by atoms with van der Waals surface area (Å²) in [6, 6.07) is 9.34. The number of amides is 2. The summed E-state index contributed by atoms with van der Waals surface area (Å²) >= 11 is 6.04. The van der Waals surface area contributed by atoms with Gasteiger partial charge in [-0.05, 0) is 48.6 Å². The summed E-state index contributed by atoms with van der Waals surface area (Å²) in [5.74, 6) is -0.126. The van der Waals surface area contributed by atoms with Gasteiger partial charge in [0.25, 0.3) is 11.6 Å². The SMILES string of the molecule is O=C(Nc1ccc2c(c1)CN(C(=O)C1CC1)CC2)c1cc([N+](=O)[O-])ccc1Cl. The molecule has 1 saturated carbocycles. The number of nitro benzene ring substituents is 1. The number of halogens is 1. The number of carbonyl (C=O) groups excluding carboxylic acids is 2. The molecule has 1 fully saturated rings. The lowest BCUT2D eigenvalue weighted by Crippen LogP contribution is -2.36. The lowest BCUT2D eigenvalue weighted by Gasteiger charge is -2.29. The molecule has 2 aromatic rings. The van der Waals surface area contributed by atoms with Crippen LogP contribution in [0.3, 0.4) is 0 Å². The quantitative estimate of drug-likeness (QED) is 0.625. The van der Waals surface area contributed by atoms with Crippen LogP contribution in [-0.4, -0.2) is 28.2 Å². The second-order valence-electron chi connectivity index (χ2n) is 7.14. The van der Waals surface area contributed by atoms with Gasteiger partial charge in [-0.15, -0.1) is 0 Å². The van der Waals surface area contributed by atoms with Gasteiger partial charge in [0.1, 0.15) is 0 Å². The van der Waals surface area contributed by atoms with Gasteiger partial charge in [-0.1, -0.05) is 17.7 Å². The largest absolute Gasteiger partial charge is 0.338 e. The number of hydrogen-bond donors (Lipinski definition) is 1. The number of nitrogens with zero attached hydrogens (tertiary/aromatic N) is 2. The second-order valence-corrected chi connectivity index (χ2v) is 7.55. The van der Waals surface area contributed by atoms with Gasteiger partial charge in [0.2, 0.25) is 5.91 Å². The normalized spacial score (nSPS) is 15.7. The Labute approximate surface area is 166 Å². The lowest BCUT2D eigenvalue weighted by atomic mass is 9.98. The van der Waals surface area contributed by atoms with E-state index in [-0.39, 0.29) is 28.1 Å². The van der Waals surface area contributed by atoms with Crippen LogP contribution in [0.2, 0.25) is 5.02 Å². The Hall–Kier alpha value is -2.93. The molecular weight excluding hydrogens is 382 g/mol. The predicted octanol–water partition coefficient (Wildman–Crippen LogP) is 3.80. The average molecular weight is 400 g/mol. The van der Waals surface area contributed by atoms with E-state index in [1.807, 2.05) is 17.0 Å². The van der Waals surface area contributed by atoms with Gasteiger partial charge in [-0.3, -0.25) is 19.7 Å². The Bertz CT molecular complexity index is 987. The molecule has 0 radical (unpaired) electrons. The van der Waals surface area contributed by atoms with E-state index in [2.05, 4.69) is 5.32 Å². The van der Waals surface area contributed by atoms with Gasteiger partial charge in [0, 0.05) is 36.8 Å². The van der Waals surface area contributed by atoms with Crippen molar-refractivity contribution in [2.75, 3.05) is 11.9 Å².